The van der Waals surface area contributed by atoms with Crippen molar-refractivity contribution in [2.45, 2.75) is 0 Å². The minimum atomic E-state index is 0.152. The molecule has 4 nitrogen and oxygen atoms in total. The standard InChI is InChI=1S/C25H16ClN3O/c26-25-28-23(18-9-2-1-3-10-18)27-24(29-25)19-12-6-13-20(16-19)30-22-15-7-11-17-8-4-5-14-21(17)22/h1-16H. The molecule has 5 aromatic rings. The maximum atomic E-state index is 6.19. The van der Waals surface area contributed by atoms with Crippen molar-refractivity contribution in [2.24, 2.45) is 0 Å². The molecule has 0 aliphatic rings. The largest absolute Gasteiger partial charge is 0.457 e. The van der Waals surface area contributed by atoms with E-state index in [1.807, 2.05) is 84.9 Å². The molecule has 0 saturated carbocycles. The fourth-order valence-electron chi connectivity index (χ4n) is 3.31. The van der Waals surface area contributed by atoms with Gasteiger partial charge in [0.2, 0.25) is 5.28 Å². The molecule has 0 N–H and O–H groups in total. The Labute approximate surface area is 178 Å². The van der Waals surface area contributed by atoms with Gasteiger partial charge in [0.05, 0.1) is 0 Å². The topological polar surface area (TPSA) is 47.9 Å². The Hall–Kier alpha value is -3.76. The van der Waals surface area contributed by atoms with Crippen molar-refractivity contribution in [3.8, 4) is 34.3 Å². The third-order valence-corrected chi connectivity index (χ3v) is 4.88. The third kappa shape index (κ3) is 3.73. The molecule has 5 rings (SSSR count). The Morgan fingerprint density at radius 3 is 2.13 bits per heavy atom. The molecule has 1 aromatic heterocycles. The van der Waals surface area contributed by atoms with Crippen LogP contribution in [0.3, 0.4) is 0 Å². The average Bonchev–Trinajstić information content (AvgIpc) is 2.80. The Kier molecular flexibility index (Phi) is 4.83. The number of halogens is 1. The lowest BCUT2D eigenvalue weighted by molar-refractivity contribution is 0.488. The number of fused-ring (bicyclic) bond motifs is 1. The number of benzene rings is 4. The molecular weight excluding hydrogens is 394 g/mol. The summed E-state index contributed by atoms with van der Waals surface area (Å²) in [5.74, 6) is 2.52. The van der Waals surface area contributed by atoms with Crippen molar-refractivity contribution in [2.75, 3.05) is 0 Å². The molecule has 1 heterocycles. The molecule has 0 aliphatic heterocycles. The predicted molar refractivity (Wildman–Crippen MR) is 120 cm³/mol. The van der Waals surface area contributed by atoms with Gasteiger partial charge in [0.1, 0.15) is 11.5 Å². The first-order valence-electron chi connectivity index (χ1n) is 9.49. The van der Waals surface area contributed by atoms with Gasteiger partial charge in [-0.05, 0) is 35.2 Å². The molecule has 0 aliphatic carbocycles. The molecule has 0 spiro atoms. The second kappa shape index (κ2) is 7.93. The van der Waals surface area contributed by atoms with Crippen LogP contribution in [0.4, 0.5) is 0 Å². The van der Waals surface area contributed by atoms with Gasteiger partial charge < -0.3 is 4.74 Å². The summed E-state index contributed by atoms with van der Waals surface area (Å²) in [4.78, 5) is 13.2. The van der Waals surface area contributed by atoms with Crippen molar-refractivity contribution in [1.82, 2.24) is 15.0 Å². The predicted octanol–water partition coefficient (Wildman–Crippen LogP) is 6.80. The maximum absolute atomic E-state index is 6.19. The Morgan fingerprint density at radius 1 is 0.600 bits per heavy atom. The summed E-state index contributed by atoms with van der Waals surface area (Å²) in [5.41, 5.74) is 1.68. The smallest absolute Gasteiger partial charge is 0.226 e. The summed E-state index contributed by atoms with van der Waals surface area (Å²) in [6.07, 6.45) is 0. The van der Waals surface area contributed by atoms with E-state index in [0.29, 0.717) is 17.4 Å². The fraction of sp³-hybridized carbons (Fsp3) is 0. The minimum absolute atomic E-state index is 0.152. The summed E-state index contributed by atoms with van der Waals surface area (Å²) < 4.78 is 6.19. The second-order valence-electron chi connectivity index (χ2n) is 6.72. The van der Waals surface area contributed by atoms with E-state index in [4.69, 9.17) is 16.3 Å². The lowest BCUT2D eigenvalue weighted by atomic mass is 10.1. The van der Waals surface area contributed by atoms with Gasteiger partial charge in [0.15, 0.2) is 11.6 Å². The van der Waals surface area contributed by atoms with Gasteiger partial charge in [0, 0.05) is 16.5 Å². The second-order valence-corrected chi connectivity index (χ2v) is 7.06. The van der Waals surface area contributed by atoms with Crippen molar-refractivity contribution in [3.63, 3.8) is 0 Å². The number of hydrogen-bond donors (Lipinski definition) is 0. The van der Waals surface area contributed by atoms with Crippen LogP contribution in [0.15, 0.2) is 97.1 Å². The minimum Gasteiger partial charge on any atom is -0.457 e. The lowest BCUT2D eigenvalue weighted by Gasteiger charge is -2.10. The van der Waals surface area contributed by atoms with Crippen LogP contribution in [0.5, 0.6) is 11.5 Å². The van der Waals surface area contributed by atoms with Gasteiger partial charge in [-0.1, -0.05) is 78.9 Å². The zero-order chi connectivity index (χ0) is 20.3. The third-order valence-electron chi connectivity index (χ3n) is 4.71. The van der Waals surface area contributed by atoms with Crippen LogP contribution in [0.25, 0.3) is 33.5 Å². The Morgan fingerprint density at radius 2 is 1.27 bits per heavy atom. The normalized spacial score (nSPS) is 10.8. The summed E-state index contributed by atoms with van der Waals surface area (Å²) in [5, 5.41) is 2.34. The SMILES string of the molecule is Clc1nc(-c2ccccc2)nc(-c2cccc(Oc3cccc4ccccc34)c2)n1. The summed E-state index contributed by atoms with van der Waals surface area (Å²) >= 11 is 6.19. The summed E-state index contributed by atoms with van der Waals surface area (Å²) in [7, 11) is 0. The lowest BCUT2D eigenvalue weighted by Crippen LogP contribution is -1.97. The molecule has 0 saturated heterocycles. The quantitative estimate of drug-likeness (QED) is 0.327. The highest BCUT2D eigenvalue weighted by Crippen LogP contribution is 2.31. The van der Waals surface area contributed by atoms with E-state index in [1.54, 1.807) is 0 Å². The molecule has 0 fully saturated rings. The van der Waals surface area contributed by atoms with Crippen molar-refractivity contribution < 1.29 is 4.74 Å². The zero-order valence-electron chi connectivity index (χ0n) is 15.9. The first kappa shape index (κ1) is 18.3. The summed E-state index contributed by atoms with van der Waals surface area (Å²) in [6.45, 7) is 0. The highest BCUT2D eigenvalue weighted by Gasteiger charge is 2.11. The molecule has 5 heteroatoms. The maximum Gasteiger partial charge on any atom is 0.226 e. The molecule has 30 heavy (non-hydrogen) atoms. The highest BCUT2D eigenvalue weighted by atomic mass is 35.5. The fourth-order valence-corrected chi connectivity index (χ4v) is 3.47. The van der Waals surface area contributed by atoms with Crippen LogP contribution in [-0.4, -0.2) is 15.0 Å². The van der Waals surface area contributed by atoms with E-state index in [2.05, 4.69) is 27.1 Å². The molecule has 0 radical (unpaired) electrons. The van der Waals surface area contributed by atoms with Crippen LogP contribution in [0.2, 0.25) is 5.28 Å². The van der Waals surface area contributed by atoms with E-state index in [9.17, 15) is 0 Å². The molecule has 0 bridgehead atoms. The van der Waals surface area contributed by atoms with E-state index in [1.165, 1.54) is 0 Å². The number of ether oxygens (including phenoxy) is 1. The van der Waals surface area contributed by atoms with Crippen molar-refractivity contribution in [1.29, 1.82) is 0 Å². The average molecular weight is 410 g/mol. The monoisotopic (exact) mass is 409 g/mol. The van der Waals surface area contributed by atoms with Gasteiger partial charge in [0.25, 0.3) is 0 Å². The number of rotatable bonds is 4. The van der Waals surface area contributed by atoms with E-state index >= 15 is 0 Å². The number of aromatic nitrogens is 3. The highest BCUT2D eigenvalue weighted by molar-refractivity contribution is 6.28. The molecule has 0 amide bonds. The van der Waals surface area contributed by atoms with Crippen LogP contribution >= 0.6 is 11.6 Å². The number of hydrogen-bond acceptors (Lipinski definition) is 4. The first-order valence-corrected chi connectivity index (χ1v) is 9.87. The van der Waals surface area contributed by atoms with Crippen molar-refractivity contribution >= 4 is 22.4 Å². The molecule has 0 unspecified atom stereocenters. The van der Waals surface area contributed by atoms with Gasteiger partial charge in [-0.15, -0.1) is 0 Å². The molecular formula is C25H16ClN3O. The van der Waals surface area contributed by atoms with E-state index < -0.39 is 0 Å². The molecule has 4 aromatic carbocycles. The van der Waals surface area contributed by atoms with E-state index in [0.717, 1.165) is 27.6 Å². The van der Waals surface area contributed by atoms with Crippen LogP contribution in [0.1, 0.15) is 0 Å². The van der Waals surface area contributed by atoms with Gasteiger partial charge in [-0.3, -0.25) is 0 Å². The Balaban J connectivity index is 1.52. The van der Waals surface area contributed by atoms with Crippen LogP contribution in [-0.2, 0) is 0 Å². The zero-order valence-corrected chi connectivity index (χ0v) is 16.6. The van der Waals surface area contributed by atoms with Crippen LogP contribution in [0, 0.1) is 0 Å². The van der Waals surface area contributed by atoms with Gasteiger partial charge in [-0.2, -0.15) is 9.97 Å². The Bertz CT molecular complexity index is 1330. The first-order chi connectivity index (χ1) is 14.8. The van der Waals surface area contributed by atoms with Gasteiger partial charge in [-0.25, -0.2) is 4.98 Å². The van der Waals surface area contributed by atoms with Crippen LogP contribution < -0.4 is 4.74 Å². The molecule has 144 valence electrons. The summed E-state index contributed by atoms with van der Waals surface area (Å²) in [6, 6.07) is 31.5. The number of nitrogens with zero attached hydrogens (tertiary/aromatic N) is 3. The van der Waals surface area contributed by atoms with E-state index in [-0.39, 0.29) is 5.28 Å². The van der Waals surface area contributed by atoms with Crippen molar-refractivity contribution in [3.05, 3.63) is 102 Å². The van der Waals surface area contributed by atoms with Gasteiger partial charge >= 0.3 is 0 Å². The molecule has 0 atom stereocenters.